The van der Waals surface area contributed by atoms with Crippen LogP contribution in [0.4, 0.5) is 5.69 Å². The molecule has 0 unspecified atom stereocenters. The third kappa shape index (κ3) is 4.38. The van der Waals surface area contributed by atoms with E-state index >= 15 is 0 Å². The molecular formula is C18H18N4O4S. The lowest BCUT2D eigenvalue weighted by Crippen LogP contribution is -2.19. The predicted octanol–water partition coefficient (Wildman–Crippen LogP) is 2.64. The number of nitrogens with zero attached hydrogens (tertiary/aromatic N) is 3. The van der Waals surface area contributed by atoms with Crippen LogP contribution in [0.5, 0.6) is 0 Å². The Kier molecular flexibility index (Phi) is 5.52. The molecular weight excluding hydrogens is 368 g/mol. The van der Waals surface area contributed by atoms with Gasteiger partial charge in [-0.2, -0.15) is 0 Å². The minimum atomic E-state index is -0.357. The Bertz CT molecular complexity index is 876. The molecule has 0 bridgehead atoms. The second-order valence-corrected chi connectivity index (χ2v) is 6.75. The summed E-state index contributed by atoms with van der Waals surface area (Å²) in [5, 5.41) is 12.0. The number of anilines is 1. The van der Waals surface area contributed by atoms with Crippen LogP contribution in [0, 0.1) is 0 Å². The number of carbonyl (C=O) groups excluding carboxylic acids is 1. The van der Waals surface area contributed by atoms with Crippen molar-refractivity contribution in [2.24, 2.45) is 0 Å². The molecule has 0 radical (unpaired) electrons. The summed E-state index contributed by atoms with van der Waals surface area (Å²) in [5.41, 5.74) is 1.57. The Morgan fingerprint density at radius 3 is 2.74 bits per heavy atom. The Morgan fingerprint density at radius 1 is 1.19 bits per heavy atom. The van der Waals surface area contributed by atoms with Gasteiger partial charge in [0.05, 0.1) is 37.3 Å². The van der Waals surface area contributed by atoms with E-state index in [1.54, 1.807) is 12.5 Å². The molecule has 0 atom stereocenters. The Balaban J connectivity index is 1.47. The molecule has 3 heterocycles. The number of aromatic nitrogens is 3. The number of furan rings is 1. The zero-order chi connectivity index (χ0) is 18.5. The quantitative estimate of drug-likeness (QED) is 0.624. The summed E-state index contributed by atoms with van der Waals surface area (Å²) in [5.74, 6) is 0.748. The molecule has 1 fully saturated rings. The van der Waals surface area contributed by atoms with E-state index in [0.717, 1.165) is 11.3 Å². The zero-order valence-electron chi connectivity index (χ0n) is 14.4. The van der Waals surface area contributed by atoms with Crippen LogP contribution in [0.25, 0.3) is 11.4 Å². The highest BCUT2D eigenvalue weighted by Gasteiger charge is 2.23. The number of hydrogen-bond donors (Lipinski definition) is 1. The summed E-state index contributed by atoms with van der Waals surface area (Å²) in [7, 11) is 0. The van der Waals surface area contributed by atoms with E-state index in [1.165, 1.54) is 11.8 Å². The van der Waals surface area contributed by atoms with Crippen LogP contribution < -0.4 is 5.32 Å². The molecule has 27 heavy (non-hydrogen) atoms. The zero-order valence-corrected chi connectivity index (χ0v) is 15.2. The van der Waals surface area contributed by atoms with Crippen molar-refractivity contribution in [3.8, 4) is 11.4 Å². The fourth-order valence-corrected chi connectivity index (χ4v) is 3.42. The number of ether oxygens (including phenoxy) is 2. The molecule has 1 aromatic carbocycles. The number of carbonyl (C=O) groups is 1. The monoisotopic (exact) mass is 386 g/mol. The highest BCUT2D eigenvalue weighted by atomic mass is 32.2. The van der Waals surface area contributed by atoms with E-state index in [0.29, 0.717) is 30.7 Å². The third-order valence-corrected chi connectivity index (χ3v) is 4.88. The topological polar surface area (TPSA) is 91.4 Å². The van der Waals surface area contributed by atoms with Gasteiger partial charge in [-0.15, -0.1) is 10.2 Å². The van der Waals surface area contributed by atoms with Gasteiger partial charge in [0.25, 0.3) is 0 Å². The third-order valence-electron chi connectivity index (χ3n) is 3.91. The van der Waals surface area contributed by atoms with Crippen LogP contribution in [-0.2, 0) is 20.8 Å². The standard InChI is InChI=1S/C18H18N4O4S/c23-15(19-14-4-2-1-3-5-14)12-27-18-21-20-17(13-6-7-24-11-13)22(18)10-16-25-8-9-26-16/h1-7,11,16H,8-10,12H2,(H,19,23). The maximum absolute atomic E-state index is 12.2. The summed E-state index contributed by atoms with van der Waals surface area (Å²) in [4.78, 5) is 12.2. The Labute approximate surface area is 159 Å². The number of nitrogens with one attached hydrogen (secondary N) is 1. The molecule has 0 aliphatic carbocycles. The fraction of sp³-hybridized carbons (Fsp3) is 0.278. The molecule has 1 saturated heterocycles. The highest BCUT2D eigenvalue weighted by Crippen LogP contribution is 2.26. The largest absolute Gasteiger partial charge is 0.472 e. The van der Waals surface area contributed by atoms with Gasteiger partial charge in [0.15, 0.2) is 17.3 Å². The minimum absolute atomic E-state index is 0.112. The molecule has 3 aromatic rings. The second-order valence-electron chi connectivity index (χ2n) is 5.80. The first-order valence-electron chi connectivity index (χ1n) is 8.46. The van der Waals surface area contributed by atoms with Gasteiger partial charge in [-0.25, -0.2) is 0 Å². The van der Waals surface area contributed by atoms with Crippen LogP contribution in [0.15, 0.2) is 58.5 Å². The van der Waals surface area contributed by atoms with Crippen molar-refractivity contribution >= 4 is 23.4 Å². The summed E-state index contributed by atoms with van der Waals surface area (Å²) in [6, 6.07) is 11.1. The molecule has 1 aliphatic heterocycles. The van der Waals surface area contributed by atoms with Gasteiger partial charge in [-0.05, 0) is 18.2 Å². The summed E-state index contributed by atoms with van der Waals surface area (Å²) >= 11 is 1.31. The normalized spacial score (nSPS) is 14.5. The lowest BCUT2D eigenvalue weighted by Gasteiger charge is -2.13. The van der Waals surface area contributed by atoms with Gasteiger partial charge in [0.1, 0.15) is 6.26 Å². The van der Waals surface area contributed by atoms with Crippen LogP contribution >= 0.6 is 11.8 Å². The number of para-hydroxylation sites is 1. The van der Waals surface area contributed by atoms with Crippen molar-refractivity contribution in [3.05, 3.63) is 48.9 Å². The first kappa shape index (κ1) is 17.8. The van der Waals surface area contributed by atoms with E-state index in [-0.39, 0.29) is 18.0 Å². The highest BCUT2D eigenvalue weighted by molar-refractivity contribution is 7.99. The average molecular weight is 386 g/mol. The number of benzene rings is 1. The number of rotatable bonds is 7. The van der Waals surface area contributed by atoms with E-state index in [2.05, 4.69) is 15.5 Å². The van der Waals surface area contributed by atoms with Crippen LogP contribution in [-0.4, -0.2) is 45.9 Å². The summed E-state index contributed by atoms with van der Waals surface area (Å²) in [6.45, 7) is 1.57. The number of thioether (sulfide) groups is 1. The van der Waals surface area contributed by atoms with E-state index in [1.807, 2.05) is 41.0 Å². The lowest BCUT2D eigenvalue weighted by atomic mass is 10.3. The first-order valence-corrected chi connectivity index (χ1v) is 9.45. The molecule has 1 N–H and O–H groups in total. The predicted molar refractivity (Wildman–Crippen MR) is 99.2 cm³/mol. The number of amides is 1. The van der Waals surface area contributed by atoms with E-state index in [4.69, 9.17) is 13.9 Å². The van der Waals surface area contributed by atoms with Gasteiger partial charge >= 0.3 is 0 Å². The molecule has 8 nitrogen and oxygen atoms in total. The second kappa shape index (κ2) is 8.38. The number of hydrogen-bond acceptors (Lipinski definition) is 7. The molecule has 140 valence electrons. The van der Waals surface area contributed by atoms with E-state index in [9.17, 15) is 4.79 Å². The van der Waals surface area contributed by atoms with Gasteiger partial charge in [-0.1, -0.05) is 30.0 Å². The van der Waals surface area contributed by atoms with Crippen LogP contribution in [0.2, 0.25) is 0 Å². The fourth-order valence-electron chi connectivity index (χ4n) is 2.68. The molecule has 4 rings (SSSR count). The van der Waals surface area contributed by atoms with Gasteiger partial charge in [-0.3, -0.25) is 9.36 Å². The van der Waals surface area contributed by atoms with Gasteiger partial charge in [0, 0.05) is 5.69 Å². The summed E-state index contributed by atoms with van der Waals surface area (Å²) in [6.07, 6.45) is 2.83. The molecule has 9 heteroatoms. The van der Waals surface area contributed by atoms with Crippen molar-refractivity contribution in [1.29, 1.82) is 0 Å². The lowest BCUT2D eigenvalue weighted by molar-refractivity contribution is -0.113. The summed E-state index contributed by atoms with van der Waals surface area (Å²) < 4.78 is 18.1. The SMILES string of the molecule is O=C(CSc1nnc(-c2ccoc2)n1CC1OCCO1)Nc1ccccc1. The van der Waals surface area contributed by atoms with Crippen molar-refractivity contribution in [3.63, 3.8) is 0 Å². The molecule has 1 aliphatic rings. The smallest absolute Gasteiger partial charge is 0.234 e. The Hall–Kier alpha value is -2.62. The maximum atomic E-state index is 12.2. The van der Waals surface area contributed by atoms with Gasteiger partial charge in [0.2, 0.25) is 5.91 Å². The van der Waals surface area contributed by atoms with Crippen molar-refractivity contribution in [1.82, 2.24) is 14.8 Å². The van der Waals surface area contributed by atoms with Crippen molar-refractivity contribution in [2.75, 3.05) is 24.3 Å². The average Bonchev–Trinajstić information content (AvgIpc) is 3.44. The van der Waals surface area contributed by atoms with Crippen molar-refractivity contribution in [2.45, 2.75) is 18.0 Å². The Morgan fingerprint density at radius 2 is 2.00 bits per heavy atom. The minimum Gasteiger partial charge on any atom is -0.472 e. The molecule has 0 spiro atoms. The maximum Gasteiger partial charge on any atom is 0.234 e. The molecule has 1 amide bonds. The van der Waals surface area contributed by atoms with E-state index < -0.39 is 0 Å². The first-order chi connectivity index (χ1) is 13.3. The van der Waals surface area contributed by atoms with Crippen LogP contribution in [0.1, 0.15) is 0 Å². The van der Waals surface area contributed by atoms with Crippen molar-refractivity contribution < 1.29 is 18.7 Å². The molecule has 0 saturated carbocycles. The van der Waals surface area contributed by atoms with Gasteiger partial charge < -0.3 is 19.2 Å². The van der Waals surface area contributed by atoms with Crippen LogP contribution in [0.3, 0.4) is 0 Å². The molecule has 2 aromatic heterocycles.